The summed E-state index contributed by atoms with van der Waals surface area (Å²) in [5.74, 6) is -2.22. The maximum Gasteiger partial charge on any atom is 0.266 e. The Hall–Kier alpha value is -3.04. The van der Waals surface area contributed by atoms with Crippen molar-refractivity contribution in [3.8, 4) is 0 Å². The molecule has 29 heavy (non-hydrogen) atoms. The summed E-state index contributed by atoms with van der Waals surface area (Å²) >= 11 is 0. The van der Waals surface area contributed by atoms with Crippen molar-refractivity contribution in [2.45, 2.75) is 45.1 Å². The van der Waals surface area contributed by atoms with E-state index in [4.69, 9.17) is 0 Å². The Morgan fingerprint density at radius 3 is 2.62 bits per heavy atom. The van der Waals surface area contributed by atoms with E-state index >= 15 is 0 Å². The molecule has 0 unspecified atom stereocenters. The van der Waals surface area contributed by atoms with E-state index < -0.39 is 17.9 Å². The monoisotopic (exact) mass is 401 g/mol. The zero-order valence-electron chi connectivity index (χ0n) is 16.4. The minimum Gasteiger partial charge on any atom is -0.348 e. The first kappa shape index (κ1) is 19.3. The van der Waals surface area contributed by atoms with Crippen LogP contribution in [0.1, 0.15) is 43.5 Å². The second kappa shape index (κ2) is 6.78. The van der Waals surface area contributed by atoms with E-state index in [1.807, 2.05) is 20.8 Å². The summed E-state index contributed by atoms with van der Waals surface area (Å²) in [6, 6.07) is 5.06. The fraction of sp³-hybridized carbons (Fsp3) is 0.474. The van der Waals surface area contributed by atoms with Gasteiger partial charge in [0.05, 0.1) is 6.54 Å². The molecule has 0 N–H and O–H groups in total. The van der Waals surface area contributed by atoms with Gasteiger partial charge in [0.25, 0.3) is 5.92 Å². The lowest BCUT2D eigenvalue weighted by Crippen LogP contribution is -2.27. The van der Waals surface area contributed by atoms with Crippen LogP contribution in [0.4, 0.5) is 14.6 Å². The van der Waals surface area contributed by atoms with Crippen LogP contribution in [0.2, 0.25) is 0 Å². The van der Waals surface area contributed by atoms with Crippen LogP contribution >= 0.6 is 0 Å². The summed E-state index contributed by atoms with van der Waals surface area (Å²) < 4.78 is 27.6. The third kappa shape index (κ3) is 3.92. The van der Waals surface area contributed by atoms with Crippen molar-refractivity contribution in [1.29, 1.82) is 0 Å². The number of hydrogen-bond acceptors (Lipinski definition) is 7. The average Bonchev–Trinajstić information content (AvgIpc) is 3.22. The van der Waals surface area contributed by atoms with Crippen LogP contribution in [0.5, 0.6) is 0 Å². The smallest absolute Gasteiger partial charge is 0.266 e. The number of aromatic nitrogens is 6. The second-order valence-corrected chi connectivity index (χ2v) is 8.19. The van der Waals surface area contributed by atoms with Crippen molar-refractivity contribution in [1.82, 2.24) is 29.9 Å². The van der Waals surface area contributed by atoms with Gasteiger partial charge in [-0.2, -0.15) is 4.80 Å². The number of carbonyl (C=O) groups excluding carboxylic acids is 1. The standard InChI is InChI=1S/C19H21F2N7O/c1-18(2,3)17-23-15-14(16(24-17)27-9-7-19(20,21)11-27)25-28(26-15)10-13(29)12-6-4-5-8-22-12/h4-6,8H,7,9-11H2,1-3H3. The number of nitrogens with zero attached hydrogens (tertiary/aromatic N) is 7. The summed E-state index contributed by atoms with van der Waals surface area (Å²) in [7, 11) is 0. The number of fused-ring (bicyclic) bond motifs is 1. The van der Waals surface area contributed by atoms with Gasteiger partial charge in [-0.3, -0.25) is 9.78 Å². The number of Topliss-reactive ketones (excluding diaryl/α,β-unsaturated/α-hetero) is 1. The predicted molar refractivity (Wildman–Crippen MR) is 102 cm³/mol. The first-order valence-corrected chi connectivity index (χ1v) is 9.33. The molecule has 0 spiro atoms. The van der Waals surface area contributed by atoms with Crippen molar-refractivity contribution in [2.24, 2.45) is 0 Å². The Kier molecular flexibility index (Phi) is 4.51. The molecule has 0 amide bonds. The zero-order chi connectivity index (χ0) is 20.8. The molecule has 0 aromatic carbocycles. The molecule has 3 aromatic rings. The van der Waals surface area contributed by atoms with Crippen molar-refractivity contribution in [3.63, 3.8) is 0 Å². The molecule has 4 rings (SSSR count). The van der Waals surface area contributed by atoms with Crippen molar-refractivity contribution in [3.05, 3.63) is 35.9 Å². The Morgan fingerprint density at radius 2 is 2.00 bits per heavy atom. The predicted octanol–water partition coefficient (Wildman–Crippen LogP) is 2.64. The lowest BCUT2D eigenvalue weighted by atomic mass is 9.96. The summed E-state index contributed by atoms with van der Waals surface area (Å²) in [5.41, 5.74) is 0.488. The van der Waals surface area contributed by atoms with Crippen LogP contribution in [0.15, 0.2) is 24.4 Å². The first-order chi connectivity index (χ1) is 13.6. The number of halogens is 2. The van der Waals surface area contributed by atoms with Gasteiger partial charge in [-0.05, 0) is 12.1 Å². The van der Waals surface area contributed by atoms with Crippen molar-refractivity contribution in [2.75, 3.05) is 18.0 Å². The molecule has 1 fully saturated rings. The molecule has 1 aliphatic heterocycles. The molecule has 1 aliphatic rings. The highest BCUT2D eigenvalue weighted by molar-refractivity contribution is 5.94. The van der Waals surface area contributed by atoms with Gasteiger partial charge < -0.3 is 4.90 Å². The lowest BCUT2D eigenvalue weighted by molar-refractivity contribution is 0.0257. The number of pyridine rings is 1. The van der Waals surface area contributed by atoms with Gasteiger partial charge >= 0.3 is 0 Å². The zero-order valence-corrected chi connectivity index (χ0v) is 16.4. The third-order valence-electron chi connectivity index (χ3n) is 4.65. The van der Waals surface area contributed by atoms with Gasteiger partial charge in [-0.25, -0.2) is 18.7 Å². The summed E-state index contributed by atoms with van der Waals surface area (Å²) in [6.07, 6.45) is 1.29. The number of rotatable bonds is 4. The molecule has 0 bridgehead atoms. The first-order valence-electron chi connectivity index (χ1n) is 9.33. The molecule has 152 valence electrons. The van der Waals surface area contributed by atoms with E-state index in [1.54, 1.807) is 18.2 Å². The maximum absolute atomic E-state index is 13.8. The Balaban J connectivity index is 1.74. The number of alkyl halides is 2. The van der Waals surface area contributed by atoms with E-state index in [1.165, 1.54) is 15.9 Å². The van der Waals surface area contributed by atoms with Crippen LogP contribution in [0, 0.1) is 0 Å². The van der Waals surface area contributed by atoms with E-state index in [9.17, 15) is 13.6 Å². The highest BCUT2D eigenvalue weighted by atomic mass is 19.3. The number of anilines is 1. The Labute approximate surface area is 166 Å². The molecule has 0 radical (unpaired) electrons. The van der Waals surface area contributed by atoms with Gasteiger partial charge in [0.15, 0.2) is 11.3 Å². The van der Waals surface area contributed by atoms with E-state index in [0.29, 0.717) is 22.9 Å². The van der Waals surface area contributed by atoms with Gasteiger partial charge in [-0.15, -0.1) is 10.2 Å². The lowest BCUT2D eigenvalue weighted by Gasteiger charge is -2.21. The molecule has 0 saturated carbocycles. The Morgan fingerprint density at radius 1 is 1.21 bits per heavy atom. The highest BCUT2D eigenvalue weighted by Gasteiger charge is 2.40. The number of carbonyl (C=O) groups is 1. The van der Waals surface area contributed by atoms with Gasteiger partial charge in [0.1, 0.15) is 18.1 Å². The SMILES string of the molecule is CC(C)(C)c1nc(N2CCC(F)(F)C2)c2nn(CC(=O)c3ccccn3)nc2n1. The van der Waals surface area contributed by atoms with Crippen molar-refractivity contribution < 1.29 is 13.6 Å². The van der Waals surface area contributed by atoms with Crippen LogP contribution in [-0.2, 0) is 12.0 Å². The highest BCUT2D eigenvalue weighted by Crippen LogP contribution is 2.33. The normalized spacial score (nSPS) is 16.5. The van der Waals surface area contributed by atoms with E-state index in [-0.39, 0.29) is 30.9 Å². The third-order valence-corrected chi connectivity index (χ3v) is 4.65. The summed E-state index contributed by atoms with van der Waals surface area (Å²) in [6.45, 7) is 5.42. The van der Waals surface area contributed by atoms with Crippen molar-refractivity contribution >= 4 is 22.8 Å². The fourth-order valence-electron chi connectivity index (χ4n) is 3.12. The fourth-order valence-corrected chi connectivity index (χ4v) is 3.12. The minimum atomic E-state index is -2.77. The van der Waals surface area contributed by atoms with Gasteiger partial charge in [-0.1, -0.05) is 26.8 Å². The van der Waals surface area contributed by atoms with E-state index in [2.05, 4.69) is 25.1 Å². The maximum atomic E-state index is 13.8. The minimum absolute atomic E-state index is 0.131. The second-order valence-electron chi connectivity index (χ2n) is 8.19. The summed E-state index contributed by atoms with van der Waals surface area (Å²) in [4.78, 5) is 28.2. The molecule has 3 aromatic heterocycles. The molecular weight excluding hydrogens is 380 g/mol. The Bertz CT molecular complexity index is 1060. The summed E-state index contributed by atoms with van der Waals surface area (Å²) in [5, 5.41) is 8.65. The molecule has 4 heterocycles. The van der Waals surface area contributed by atoms with Crippen LogP contribution < -0.4 is 4.90 Å². The molecule has 0 aliphatic carbocycles. The molecule has 8 nitrogen and oxygen atoms in total. The quantitative estimate of drug-likeness (QED) is 0.621. The topological polar surface area (TPSA) is 89.7 Å². The van der Waals surface area contributed by atoms with Crippen LogP contribution in [0.25, 0.3) is 11.2 Å². The van der Waals surface area contributed by atoms with Crippen LogP contribution in [-0.4, -0.2) is 54.7 Å². The molecular formula is C19H21F2N7O. The number of ketones is 1. The molecule has 10 heteroatoms. The molecule has 0 atom stereocenters. The van der Waals surface area contributed by atoms with Gasteiger partial charge in [0.2, 0.25) is 11.4 Å². The number of hydrogen-bond donors (Lipinski definition) is 0. The van der Waals surface area contributed by atoms with Gasteiger partial charge in [0, 0.05) is 24.6 Å². The molecule has 1 saturated heterocycles. The van der Waals surface area contributed by atoms with Crippen LogP contribution in [0.3, 0.4) is 0 Å². The van der Waals surface area contributed by atoms with E-state index in [0.717, 1.165) is 0 Å². The largest absolute Gasteiger partial charge is 0.348 e. The average molecular weight is 401 g/mol.